The minimum Gasteiger partial charge on any atom is -0.481 e. The molecule has 2 aromatic rings. The minimum absolute atomic E-state index is 0.0347. The summed E-state index contributed by atoms with van der Waals surface area (Å²) < 4.78 is 6.29. The summed E-state index contributed by atoms with van der Waals surface area (Å²) in [6, 6.07) is 18.3. The first-order chi connectivity index (χ1) is 19.8. The molecule has 4 bridgehead atoms. The molecule has 5 aliphatic carbocycles. The van der Waals surface area contributed by atoms with Gasteiger partial charge in [-0.1, -0.05) is 54.6 Å². The molecule has 7 heteroatoms. The van der Waals surface area contributed by atoms with Gasteiger partial charge in [0, 0.05) is 19.6 Å². The average Bonchev–Trinajstić information content (AvgIpc) is 3.26. The van der Waals surface area contributed by atoms with Gasteiger partial charge in [-0.15, -0.1) is 0 Å². The predicted octanol–water partition coefficient (Wildman–Crippen LogP) is 5.63. The number of hydrogen-bond donors (Lipinski definition) is 2. The third kappa shape index (κ3) is 4.71. The van der Waals surface area contributed by atoms with Gasteiger partial charge in [0.05, 0.1) is 11.8 Å². The number of rotatable bonds is 6. The second kappa shape index (κ2) is 10.2. The van der Waals surface area contributed by atoms with E-state index in [1.165, 1.54) is 11.1 Å². The Morgan fingerprint density at radius 2 is 1.59 bits per heavy atom. The van der Waals surface area contributed by atoms with E-state index in [1.54, 1.807) is 0 Å². The summed E-state index contributed by atoms with van der Waals surface area (Å²) in [5.41, 5.74) is 3.17. The van der Waals surface area contributed by atoms with Crippen molar-refractivity contribution in [2.75, 3.05) is 13.1 Å². The van der Waals surface area contributed by atoms with Crippen LogP contribution in [0.5, 0.6) is 0 Å². The summed E-state index contributed by atoms with van der Waals surface area (Å²) in [5.74, 6) is 0.497. The molecule has 1 saturated heterocycles. The van der Waals surface area contributed by atoms with Crippen LogP contribution in [0.3, 0.4) is 0 Å². The van der Waals surface area contributed by atoms with E-state index in [2.05, 4.69) is 17.4 Å². The van der Waals surface area contributed by atoms with Crippen molar-refractivity contribution in [2.24, 2.45) is 23.2 Å². The predicted molar refractivity (Wildman–Crippen MR) is 153 cm³/mol. The largest absolute Gasteiger partial charge is 0.481 e. The molecule has 2 N–H and O–H groups in total. The molecular formula is C34H40N2O5. The molecule has 2 aromatic carbocycles. The van der Waals surface area contributed by atoms with Gasteiger partial charge < -0.3 is 20.1 Å². The fraction of sp³-hybridized carbons (Fsp3) is 0.559. The van der Waals surface area contributed by atoms with Crippen molar-refractivity contribution in [1.82, 2.24) is 10.2 Å². The van der Waals surface area contributed by atoms with Crippen molar-refractivity contribution in [3.8, 4) is 0 Å². The first kappa shape index (κ1) is 26.5. The van der Waals surface area contributed by atoms with Gasteiger partial charge in [-0.2, -0.15) is 0 Å². The van der Waals surface area contributed by atoms with Crippen molar-refractivity contribution in [2.45, 2.75) is 81.8 Å². The number of nitrogens with one attached hydrogen (secondary N) is 1. The van der Waals surface area contributed by atoms with E-state index in [9.17, 15) is 19.5 Å². The molecule has 2 amide bonds. The zero-order valence-electron chi connectivity index (χ0n) is 23.6. The summed E-state index contributed by atoms with van der Waals surface area (Å²) in [4.78, 5) is 40.3. The molecule has 5 fully saturated rings. The molecule has 4 saturated carbocycles. The normalized spacial score (nSPS) is 32.5. The Labute approximate surface area is 241 Å². The van der Waals surface area contributed by atoms with Gasteiger partial charge in [0.25, 0.3) is 0 Å². The van der Waals surface area contributed by atoms with E-state index in [4.69, 9.17) is 4.74 Å². The summed E-state index contributed by atoms with van der Waals surface area (Å²) >= 11 is 0. The summed E-state index contributed by atoms with van der Waals surface area (Å²) in [5, 5.41) is 12.7. The lowest BCUT2D eigenvalue weighted by Gasteiger charge is -2.58. The van der Waals surface area contributed by atoms with Gasteiger partial charge >= 0.3 is 12.1 Å². The molecule has 216 valence electrons. The van der Waals surface area contributed by atoms with Crippen LogP contribution in [0.2, 0.25) is 0 Å². The van der Waals surface area contributed by atoms with Crippen LogP contribution in [0.25, 0.3) is 0 Å². The first-order valence-electron chi connectivity index (χ1n) is 15.4. The Bertz CT molecular complexity index is 1320. The molecule has 0 aromatic heterocycles. The molecule has 1 aliphatic heterocycles. The fourth-order valence-corrected chi connectivity index (χ4v) is 9.62. The minimum atomic E-state index is -0.756. The van der Waals surface area contributed by atoms with Crippen molar-refractivity contribution in [1.29, 1.82) is 0 Å². The number of nitrogens with zero attached hydrogens (tertiary/aromatic N) is 1. The number of piperidine rings is 1. The molecule has 7 nitrogen and oxygen atoms in total. The number of carbonyl (C=O) groups is 3. The van der Waals surface area contributed by atoms with Crippen molar-refractivity contribution < 1.29 is 24.2 Å². The van der Waals surface area contributed by atoms with E-state index >= 15 is 0 Å². The lowest BCUT2D eigenvalue weighted by Crippen LogP contribution is -2.59. The standard InChI is InChI=1S/C34H40N2O5/c37-29(38)16-24-18-33(28-9-5-4-8-27(24)28)10-12-36(13-11-33)32(40)41-30-25-14-23-15-26(30)20-34(17-23,19-25)31(39)35-21-22-6-2-1-3-7-22/h1-9,23-26,30H,10-21H2,(H,35,39)(H,37,38)/t23?,24-,25?,26?,30?,34?/m0/s1. The third-order valence-corrected chi connectivity index (χ3v) is 11.2. The van der Waals surface area contributed by atoms with Crippen LogP contribution in [0.4, 0.5) is 4.79 Å². The van der Waals surface area contributed by atoms with Gasteiger partial charge in [-0.05, 0) is 97.1 Å². The topological polar surface area (TPSA) is 95.9 Å². The Balaban J connectivity index is 0.977. The van der Waals surface area contributed by atoms with Crippen LogP contribution in [0, 0.1) is 23.2 Å². The summed E-state index contributed by atoms with van der Waals surface area (Å²) in [7, 11) is 0. The molecular weight excluding hydrogens is 516 g/mol. The van der Waals surface area contributed by atoms with Gasteiger partial charge in [0.1, 0.15) is 6.10 Å². The average molecular weight is 557 g/mol. The maximum atomic E-state index is 13.5. The van der Waals surface area contributed by atoms with Crippen molar-refractivity contribution >= 4 is 18.0 Å². The van der Waals surface area contributed by atoms with Crippen molar-refractivity contribution in [3.05, 3.63) is 71.3 Å². The molecule has 1 spiro atoms. The van der Waals surface area contributed by atoms with Crippen molar-refractivity contribution in [3.63, 3.8) is 0 Å². The Hall–Kier alpha value is -3.35. The van der Waals surface area contributed by atoms with Crippen LogP contribution < -0.4 is 5.32 Å². The summed E-state index contributed by atoms with van der Waals surface area (Å²) in [6.45, 7) is 1.81. The smallest absolute Gasteiger partial charge is 0.410 e. The number of carboxylic acids is 1. The molecule has 3 atom stereocenters. The van der Waals surface area contributed by atoms with E-state index in [-0.39, 0.29) is 53.1 Å². The van der Waals surface area contributed by atoms with Gasteiger partial charge in [0.2, 0.25) is 5.91 Å². The number of carboxylic acid groups (broad SMARTS) is 1. The second-order valence-electron chi connectivity index (χ2n) is 13.6. The number of amides is 2. The number of likely N-dealkylation sites (tertiary alicyclic amines) is 1. The highest BCUT2D eigenvalue weighted by molar-refractivity contribution is 5.83. The van der Waals surface area contributed by atoms with Gasteiger partial charge in [-0.3, -0.25) is 9.59 Å². The molecule has 0 radical (unpaired) electrons. The molecule has 41 heavy (non-hydrogen) atoms. The molecule has 8 rings (SSSR count). The third-order valence-electron chi connectivity index (χ3n) is 11.2. The Morgan fingerprint density at radius 3 is 2.29 bits per heavy atom. The highest BCUT2D eigenvalue weighted by Gasteiger charge is 2.59. The molecule has 6 aliphatic rings. The SMILES string of the molecule is O=C(O)C[C@H]1CC2(CCN(C(=O)OC3C4CC5CC3CC(C(=O)NCc3ccccc3)(C5)C4)CC2)c2ccccc21. The first-order valence-corrected chi connectivity index (χ1v) is 15.4. The lowest BCUT2D eigenvalue weighted by atomic mass is 9.48. The number of aliphatic carboxylic acids is 1. The van der Waals surface area contributed by atoms with E-state index < -0.39 is 5.97 Å². The van der Waals surface area contributed by atoms with Gasteiger partial charge in [-0.25, -0.2) is 4.79 Å². The quantitative estimate of drug-likeness (QED) is 0.481. The zero-order valence-corrected chi connectivity index (χ0v) is 23.6. The van der Waals surface area contributed by atoms with Crippen LogP contribution in [-0.4, -0.2) is 47.2 Å². The molecule has 1 heterocycles. The Morgan fingerprint density at radius 1 is 0.902 bits per heavy atom. The van der Waals surface area contributed by atoms with Crippen LogP contribution >= 0.6 is 0 Å². The van der Waals surface area contributed by atoms with Crippen LogP contribution in [0.15, 0.2) is 54.6 Å². The number of ether oxygens (including phenoxy) is 1. The molecule has 2 unspecified atom stereocenters. The second-order valence-corrected chi connectivity index (χ2v) is 13.6. The number of benzene rings is 2. The Kier molecular flexibility index (Phi) is 6.59. The highest BCUT2D eigenvalue weighted by Crippen LogP contribution is 2.61. The number of fused-ring (bicyclic) bond motifs is 2. The monoisotopic (exact) mass is 556 g/mol. The van der Waals surface area contributed by atoms with Crippen LogP contribution in [-0.2, 0) is 26.3 Å². The maximum absolute atomic E-state index is 13.5. The fourth-order valence-electron chi connectivity index (χ4n) is 9.62. The number of carbonyl (C=O) groups excluding carboxylic acids is 2. The zero-order chi connectivity index (χ0) is 28.2. The summed E-state index contributed by atoms with van der Waals surface area (Å²) in [6.07, 6.45) is 7.02. The van der Waals surface area contributed by atoms with Gasteiger partial charge in [0.15, 0.2) is 0 Å². The highest BCUT2D eigenvalue weighted by atomic mass is 16.6. The lowest BCUT2D eigenvalue weighted by molar-refractivity contribution is -0.165. The maximum Gasteiger partial charge on any atom is 0.410 e. The van der Waals surface area contributed by atoms with E-state index in [0.717, 1.165) is 56.9 Å². The van der Waals surface area contributed by atoms with Crippen LogP contribution in [0.1, 0.15) is 80.4 Å². The van der Waals surface area contributed by atoms with E-state index in [1.807, 2.05) is 47.4 Å². The van der Waals surface area contributed by atoms with E-state index in [0.29, 0.717) is 25.6 Å². The number of hydrogen-bond acceptors (Lipinski definition) is 4.